The van der Waals surface area contributed by atoms with E-state index in [0.717, 1.165) is 16.8 Å². The Balaban J connectivity index is 2.35. The second-order valence-electron chi connectivity index (χ2n) is 3.78. The number of rotatable bonds is 4. The molecule has 0 aliphatic rings. The third-order valence-electron chi connectivity index (χ3n) is 2.57. The summed E-state index contributed by atoms with van der Waals surface area (Å²) in [4.78, 5) is 5.43. The summed E-state index contributed by atoms with van der Waals surface area (Å²) in [5.41, 5.74) is 6.74. The van der Waals surface area contributed by atoms with E-state index in [0.29, 0.717) is 0 Å². The van der Waals surface area contributed by atoms with Crippen molar-refractivity contribution in [2.45, 2.75) is 24.7 Å². The molecular formula is C13H16N2S. The van der Waals surface area contributed by atoms with Crippen molar-refractivity contribution in [1.82, 2.24) is 4.98 Å². The molecule has 0 saturated heterocycles. The largest absolute Gasteiger partial charge is 0.398 e. The summed E-state index contributed by atoms with van der Waals surface area (Å²) in [6.07, 6.45) is 6.16. The first-order valence-corrected chi connectivity index (χ1v) is 6.56. The fourth-order valence-corrected chi connectivity index (χ4v) is 2.79. The van der Waals surface area contributed by atoms with Gasteiger partial charge in [-0.25, -0.2) is 0 Å². The Morgan fingerprint density at radius 2 is 2.12 bits per heavy atom. The molecule has 2 rings (SSSR count). The molecule has 0 amide bonds. The number of hydrogen-bond donors (Lipinski definition) is 1. The smallest absolute Gasteiger partial charge is 0.0410 e. The van der Waals surface area contributed by atoms with Gasteiger partial charge in [0, 0.05) is 33.7 Å². The molecule has 3 heteroatoms. The van der Waals surface area contributed by atoms with E-state index in [1.54, 1.807) is 0 Å². The molecule has 0 spiro atoms. The van der Waals surface area contributed by atoms with Crippen LogP contribution >= 0.6 is 11.8 Å². The van der Waals surface area contributed by atoms with E-state index in [1.807, 2.05) is 36.3 Å². The van der Waals surface area contributed by atoms with Gasteiger partial charge < -0.3 is 5.73 Å². The van der Waals surface area contributed by atoms with Gasteiger partial charge in [-0.1, -0.05) is 13.3 Å². The molecule has 0 saturated carbocycles. The third-order valence-corrected chi connectivity index (χ3v) is 3.73. The van der Waals surface area contributed by atoms with Gasteiger partial charge in [-0.2, -0.15) is 0 Å². The molecular weight excluding hydrogens is 216 g/mol. The van der Waals surface area contributed by atoms with E-state index in [4.69, 9.17) is 5.73 Å². The molecule has 1 aromatic heterocycles. The van der Waals surface area contributed by atoms with Crippen molar-refractivity contribution in [3.8, 4) is 0 Å². The summed E-state index contributed by atoms with van der Waals surface area (Å²) in [5, 5.41) is 2.28. The van der Waals surface area contributed by atoms with Crippen molar-refractivity contribution < 1.29 is 0 Å². The minimum Gasteiger partial charge on any atom is -0.398 e. The molecule has 0 atom stereocenters. The first-order chi connectivity index (χ1) is 7.83. The highest BCUT2D eigenvalue weighted by atomic mass is 32.2. The van der Waals surface area contributed by atoms with Crippen LogP contribution in [0.25, 0.3) is 10.8 Å². The van der Waals surface area contributed by atoms with E-state index >= 15 is 0 Å². The fraction of sp³-hybridized carbons (Fsp3) is 0.308. The Morgan fingerprint density at radius 1 is 1.25 bits per heavy atom. The maximum absolute atomic E-state index is 5.93. The highest BCUT2D eigenvalue weighted by molar-refractivity contribution is 7.99. The van der Waals surface area contributed by atoms with E-state index < -0.39 is 0 Å². The number of thioether (sulfide) groups is 1. The van der Waals surface area contributed by atoms with Gasteiger partial charge in [-0.3, -0.25) is 4.98 Å². The molecule has 2 nitrogen and oxygen atoms in total. The standard InChI is InChI=1S/C13H16N2S/c1-2-3-8-16-13-5-4-12(14)11-9-15-7-6-10(11)13/h4-7,9H,2-3,8,14H2,1H3. The number of aromatic nitrogens is 1. The van der Waals surface area contributed by atoms with E-state index in [9.17, 15) is 0 Å². The number of fused-ring (bicyclic) bond motifs is 1. The normalized spacial score (nSPS) is 10.8. The predicted molar refractivity (Wildman–Crippen MR) is 71.8 cm³/mol. The maximum Gasteiger partial charge on any atom is 0.0410 e. The number of nitrogens with zero attached hydrogens (tertiary/aromatic N) is 1. The van der Waals surface area contributed by atoms with Crippen molar-refractivity contribution in [1.29, 1.82) is 0 Å². The molecule has 0 radical (unpaired) electrons. The van der Waals surface area contributed by atoms with Crippen molar-refractivity contribution in [2.24, 2.45) is 0 Å². The maximum atomic E-state index is 5.93. The predicted octanol–water partition coefficient (Wildman–Crippen LogP) is 3.71. The van der Waals surface area contributed by atoms with Crippen LogP contribution in [0, 0.1) is 0 Å². The average Bonchev–Trinajstić information content (AvgIpc) is 2.33. The van der Waals surface area contributed by atoms with Crippen LogP contribution in [0.1, 0.15) is 19.8 Å². The second kappa shape index (κ2) is 5.21. The van der Waals surface area contributed by atoms with Gasteiger partial charge >= 0.3 is 0 Å². The van der Waals surface area contributed by atoms with Crippen LogP contribution in [-0.2, 0) is 0 Å². The van der Waals surface area contributed by atoms with E-state index in [1.165, 1.54) is 23.1 Å². The summed E-state index contributed by atoms with van der Waals surface area (Å²) in [5.74, 6) is 1.16. The van der Waals surface area contributed by atoms with Crippen LogP contribution in [0.15, 0.2) is 35.5 Å². The molecule has 0 fully saturated rings. The lowest BCUT2D eigenvalue weighted by molar-refractivity contribution is 0.896. The second-order valence-corrected chi connectivity index (χ2v) is 4.91. The molecule has 16 heavy (non-hydrogen) atoms. The van der Waals surface area contributed by atoms with Crippen LogP contribution < -0.4 is 5.73 Å². The first kappa shape index (κ1) is 11.3. The Morgan fingerprint density at radius 3 is 2.94 bits per heavy atom. The van der Waals surface area contributed by atoms with E-state index in [-0.39, 0.29) is 0 Å². The molecule has 1 heterocycles. The molecule has 2 N–H and O–H groups in total. The summed E-state index contributed by atoms with van der Waals surface area (Å²) in [6, 6.07) is 6.12. The summed E-state index contributed by atoms with van der Waals surface area (Å²) in [6.45, 7) is 2.21. The Kier molecular flexibility index (Phi) is 3.67. The fourth-order valence-electron chi connectivity index (χ4n) is 1.64. The van der Waals surface area contributed by atoms with Gasteiger partial charge in [-0.05, 0) is 30.4 Å². The number of hydrogen-bond acceptors (Lipinski definition) is 3. The number of anilines is 1. The molecule has 2 aromatic rings. The molecule has 84 valence electrons. The SMILES string of the molecule is CCCCSc1ccc(N)c2cnccc12. The summed E-state index contributed by atoms with van der Waals surface area (Å²) < 4.78 is 0. The van der Waals surface area contributed by atoms with Gasteiger partial charge in [-0.15, -0.1) is 11.8 Å². The number of unbranched alkanes of at least 4 members (excludes halogenated alkanes) is 1. The molecule has 0 bridgehead atoms. The Hall–Kier alpha value is -1.22. The van der Waals surface area contributed by atoms with Gasteiger partial charge in [0.15, 0.2) is 0 Å². The van der Waals surface area contributed by atoms with Crippen LogP contribution in [-0.4, -0.2) is 10.7 Å². The van der Waals surface area contributed by atoms with Crippen molar-refractivity contribution in [3.05, 3.63) is 30.6 Å². The van der Waals surface area contributed by atoms with Crippen molar-refractivity contribution in [3.63, 3.8) is 0 Å². The minimum absolute atomic E-state index is 0.808. The van der Waals surface area contributed by atoms with Crippen molar-refractivity contribution in [2.75, 3.05) is 11.5 Å². The molecule has 0 aliphatic carbocycles. The monoisotopic (exact) mass is 232 g/mol. The van der Waals surface area contributed by atoms with Crippen LogP contribution in [0.2, 0.25) is 0 Å². The number of nitrogen functional groups attached to an aromatic ring is 1. The summed E-state index contributed by atoms with van der Waals surface area (Å²) >= 11 is 1.90. The summed E-state index contributed by atoms with van der Waals surface area (Å²) in [7, 11) is 0. The minimum atomic E-state index is 0.808. The highest BCUT2D eigenvalue weighted by Crippen LogP contribution is 2.31. The van der Waals surface area contributed by atoms with Crippen LogP contribution in [0.5, 0.6) is 0 Å². The van der Waals surface area contributed by atoms with Crippen LogP contribution in [0.3, 0.4) is 0 Å². The van der Waals surface area contributed by atoms with E-state index in [2.05, 4.69) is 18.0 Å². The van der Waals surface area contributed by atoms with Crippen molar-refractivity contribution >= 4 is 28.2 Å². The highest BCUT2D eigenvalue weighted by Gasteiger charge is 2.03. The Bertz CT molecular complexity index is 482. The lowest BCUT2D eigenvalue weighted by Crippen LogP contribution is -1.89. The van der Waals surface area contributed by atoms with Gasteiger partial charge in [0.2, 0.25) is 0 Å². The zero-order valence-electron chi connectivity index (χ0n) is 9.44. The topological polar surface area (TPSA) is 38.9 Å². The number of nitrogens with two attached hydrogens (primary N) is 1. The lowest BCUT2D eigenvalue weighted by Gasteiger charge is -2.07. The van der Waals surface area contributed by atoms with Gasteiger partial charge in [0.1, 0.15) is 0 Å². The molecule has 1 aromatic carbocycles. The Labute approximate surface area is 100 Å². The molecule has 0 unspecified atom stereocenters. The number of benzene rings is 1. The first-order valence-electron chi connectivity index (χ1n) is 5.58. The number of pyridine rings is 1. The third kappa shape index (κ3) is 2.30. The van der Waals surface area contributed by atoms with Gasteiger partial charge in [0.05, 0.1) is 0 Å². The quantitative estimate of drug-likeness (QED) is 0.496. The van der Waals surface area contributed by atoms with Crippen LogP contribution in [0.4, 0.5) is 5.69 Å². The molecule has 0 aliphatic heterocycles. The zero-order chi connectivity index (χ0) is 11.4. The van der Waals surface area contributed by atoms with Gasteiger partial charge in [0.25, 0.3) is 0 Å². The lowest BCUT2D eigenvalue weighted by atomic mass is 10.1. The average molecular weight is 232 g/mol. The zero-order valence-corrected chi connectivity index (χ0v) is 10.3.